The van der Waals surface area contributed by atoms with Crippen LogP contribution >= 0.6 is 11.6 Å². The minimum Gasteiger partial charge on any atom is -0.306 e. The van der Waals surface area contributed by atoms with E-state index in [4.69, 9.17) is 11.6 Å². The molecule has 90 valence electrons. The first kappa shape index (κ1) is 11.2. The highest BCUT2D eigenvalue weighted by molar-refractivity contribution is 6.31. The Labute approximate surface area is 110 Å². The standard InChI is InChI=1S/C14H11ClN2O/c15-11-5-7-16-12(9-11)14(18)17-8-6-10-3-1-2-4-13(10)17/h1-5,7,9H,6,8H2. The Bertz CT molecular complexity index is 612. The number of halogens is 1. The number of carbonyl (C=O) groups excluding carboxylic acids is 1. The van der Waals surface area contributed by atoms with E-state index in [-0.39, 0.29) is 5.91 Å². The Morgan fingerprint density at radius 1 is 1.28 bits per heavy atom. The average Bonchev–Trinajstić information content (AvgIpc) is 2.82. The average molecular weight is 259 g/mol. The zero-order chi connectivity index (χ0) is 12.5. The van der Waals surface area contributed by atoms with Gasteiger partial charge in [0.15, 0.2) is 0 Å². The molecule has 18 heavy (non-hydrogen) atoms. The maximum absolute atomic E-state index is 12.4. The lowest BCUT2D eigenvalue weighted by molar-refractivity contribution is 0.0984. The molecule has 0 saturated carbocycles. The van der Waals surface area contributed by atoms with Crippen molar-refractivity contribution in [3.05, 3.63) is 58.9 Å². The summed E-state index contributed by atoms with van der Waals surface area (Å²) in [5.74, 6) is -0.0950. The van der Waals surface area contributed by atoms with E-state index >= 15 is 0 Å². The van der Waals surface area contributed by atoms with Crippen molar-refractivity contribution in [2.24, 2.45) is 0 Å². The summed E-state index contributed by atoms with van der Waals surface area (Å²) in [7, 11) is 0. The second kappa shape index (κ2) is 4.42. The van der Waals surface area contributed by atoms with Gasteiger partial charge >= 0.3 is 0 Å². The van der Waals surface area contributed by atoms with Gasteiger partial charge in [-0.05, 0) is 30.2 Å². The molecule has 1 amide bonds. The van der Waals surface area contributed by atoms with Crippen LogP contribution in [0.4, 0.5) is 5.69 Å². The number of aromatic nitrogens is 1. The van der Waals surface area contributed by atoms with Gasteiger partial charge < -0.3 is 4.90 Å². The molecule has 0 radical (unpaired) electrons. The molecule has 3 nitrogen and oxygen atoms in total. The molecule has 2 heterocycles. The molecule has 0 N–H and O–H groups in total. The smallest absolute Gasteiger partial charge is 0.276 e. The molecule has 1 aliphatic heterocycles. The molecule has 1 aromatic heterocycles. The number of amides is 1. The first-order valence-corrected chi connectivity index (χ1v) is 6.15. The molecule has 1 aromatic carbocycles. The van der Waals surface area contributed by atoms with Gasteiger partial charge in [0.25, 0.3) is 5.91 Å². The summed E-state index contributed by atoms with van der Waals surface area (Å²) in [4.78, 5) is 18.2. The van der Waals surface area contributed by atoms with Crippen LogP contribution < -0.4 is 4.90 Å². The fraction of sp³-hybridized carbons (Fsp3) is 0.143. The molecular weight excluding hydrogens is 248 g/mol. The topological polar surface area (TPSA) is 33.2 Å². The van der Waals surface area contributed by atoms with Gasteiger partial charge in [-0.3, -0.25) is 9.78 Å². The highest BCUT2D eigenvalue weighted by Crippen LogP contribution is 2.28. The maximum Gasteiger partial charge on any atom is 0.276 e. The van der Waals surface area contributed by atoms with Gasteiger partial charge in [-0.25, -0.2) is 0 Å². The van der Waals surface area contributed by atoms with Crippen molar-refractivity contribution >= 4 is 23.2 Å². The van der Waals surface area contributed by atoms with E-state index in [1.54, 1.807) is 23.2 Å². The molecule has 0 unspecified atom stereocenters. The van der Waals surface area contributed by atoms with Gasteiger partial charge in [-0.15, -0.1) is 0 Å². The van der Waals surface area contributed by atoms with Crippen LogP contribution in [0.2, 0.25) is 5.02 Å². The highest BCUT2D eigenvalue weighted by atomic mass is 35.5. The number of hydrogen-bond donors (Lipinski definition) is 0. The Kier molecular flexibility index (Phi) is 2.76. The van der Waals surface area contributed by atoms with Crippen LogP contribution in [0.15, 0.2) is 42.6 Å². The van der Waals surface area contributed by atoms with Gasteiger partial charge in [-0.1, -0.05) is 29.8 Å². The number of para-hydroxylation sites is 1. The van der Waals surface area contributed by atoms with Crippen molar-refractivity contribution in [2.75, 3.05) is 11.4 Å². The molecular formula is C14H11ClN2O. The van der Waals surface area contributed by atoms with Crippen molar-refractivity contribution < 1.29 is 4.79 Å². The molecule has 1 aliphatic rings. The summed E-state index contributed by atoms with van der Waals surface area (Å²) in [5, 5.41) is 0.529. The first-order chi connectivity index (χ1) is 8.75. The molecule has 0 fully saturated rings. The number of carbonyl (C=O) groups is 1. The second-order valence-electron chi connectivity index (χ2n) is 4.19. The van der Waals surface area contributed by atoms with Gasteiger partial charge in [0, 0.05) is 23.5 Å². The van der Waals surface area contributed by atoms with Crippen LogP contribution in [0.1, 0.15) is 16.1 Å². The third-order valence-electron chi connectivity index (χ3n) is 3.07. The normalized spacial score (nSPS) is 13.5. The van der Waals surface area contributed by atoms with E-state index in [1.807, 2.05) is 24.3 Å². The van der Waals surface area contributed by atoms with Crippen molar-refractivity contribution in [2.45, 2.75) is 6.42 Å². The van der Waals surface area contributed by atoms with Crippen LogP contribution in [0.5, 0.6) is 0 Å². The van der Waals surface area contributed by atoms with Crippen molar-refractivity contribution in [1.82, 2.24) is 4.98 Å². The van der Waals surface area contributed by atoms with Crippen LogP contribution in [0.3, 0.4) is 0 Å². The molecule has 0 spiro atoms. The quantitative estimate of drug-likeness (QED) is 0.788. The lowest BCUT2D eigenvalue weighted by Gasteiger charge is -2.16. The number of fused-ring (bicyclic) bond motifs is 1. The minimum atomic E-state index is -0.0950. The number of nitrogens with zero attached hydrogens (tertiary/aromatic N) is 2. The molecule has 3 rings (SSSR count). The molecule has 0 saturated heterocycles. The largest absolute Gasteiger partial charge is 0.306 e. The number of hydrogen-bond acceptors (Lipinski definition) is 2. The Balaban J connectivity index is 1.96. The monoisotopic (exact) mass is 258 g/mol. The summed E-state index contributed by atoms with van der Waals surface area (Å²) >= 11 is 5.89. The van der Waals surface area contributed by atoms with E-state index in [0.29, 0.717) is 17.3 Å². The van der Waals surface area contributed by atoms with Crippen molar-refractivity contribution in [1.29, 1.82) is 0 Å². The predicted molar refractivity (Wildman–Crippen MR) is 71.1 cm³/mol. The third kappa shape index (κ3) is 1.87. The van der Waals surface area contributed by atoms with Crippen LogP contribution in [0.25, 0.3) is 0 Å². The zero-order valence-corrected chi connectivity index (χ0v) is 10.4. The zero-order valence-electron chi connectivity index (χ0n) is 9.64. The molecule has 4 heteroatoms. The molecule has 0 atom stereocenters. The predicted octanol–water partition coefficient (Wildman–Crippen LogP) is 2.94. The lowest BCUT2D eigenvalue weighted by Crippen LogP contribution is -2.29. The number of pyridine rings is 1. The molecule has 0 bridgehead atoms. The third-order valence-corrected chi connectivity index (χ3v) is 3.31. The number of benzene rings is 1. The second-order valence-corrected chi connectivity index (χ2v) is 4.63. The Morgan fingerprint density at radius 3 is 2.94 bits per heavy atom. The summed E-state index contributed by atoms with van der Waals surface area (Å²) < 4.78 is 0. The number of anilines is 1. The Morgan fingerprint density at radius 2 is 2.11 bits per heavy atom. The van der Waals surface area contributed by atoms with E-state index < -0.39 is 0 Å². The first-order valence-electron chi connectivity index (χ1n) is 5.77. The molecule has 2 aromatic rings. The van der Waals surface area contributed by atoms with E-state index in [0.717, 1.165) is 12.1 Å². The SMILES string of the molecule is O=C(c1cc(Cl)ccn1)N1CCc2ccccc21. The van der Waals surface area contributed by atoms with Gasteiger partial charge in [0.2, 0.25) is 0 Å². The maximum atomic E-state index is 12.4. The summed E-state index contributed by atoms with van der Waals surface area (Å²) in [5.41, 5.74) is 2.57. The fourth-order valence-corrected chi connectivity index (χ4v) is 2.37. The van der Waals surface area contributed by atoms with Gasteiger partial charge in [0.05, 0.1) is 0 Å². The van der Waals surface area contributed by atoms with Gasteiger partial charge in [0.1, 0.15) is 5.69 Å². The van der Waals surface area contributed by atoms with Crippen LogP contribution in [-0.2, 0) is 6.42 Å². The fourth-order valence-electron chi connectivity index (χ4n) is 2.21. The van der Waals surface area contributed by atoms with Crippen molar-refractivity contribution in [3.63, 3.8) is 0 Å². The highest BCUT2D eigenvalue weighted by Gasteiger charge is 2.25. The minimum absolute atomic E-state index is 0.0950. The van der Waals surface area contributed by atoms with E-state index in [9.17, 15) is 4.79 Å². The van der Waals surface area contributed by atoms with Crippen LogP contribution in [-0.4, -0.2) is 17.4 Å². The van der Waals surface area contributed by atoms with Gasteiger partial charge in [-0.2, -0.15) is 0 Å². The summed E-state index contributed by atoms with van der Waals surface area (Å²) in [6.07, 6.45) is 2.44. The van der Waals surface area contributed by atoms with E-state index in [1.165, 1.54) is 5.56 Å². The number of rotatable bonds is 1. The van der Waals surface area contributed by atoms with Crippen LogP contribution in [0, 0.1) is 0 Å². The van der Waals surface area contributed by atoms with Crippen molar-refractivity contribution in [3.8, 4) is 0 Å². The lowest BCUT2D eigenvalue weighted by atomic mass is 10.2. The summed E-state index contributed by atoms with van der Waals surface area (Å²) in [6.45, 7) is 0.701. The molecule has 0 aliphatic carbocycles. The van der Waals surface area contributed by atoms with E-state index in [2.05, 4.69) is 4.98 Å². The Hall–Kier alpha value is -1.87. The summed E-state index contributed by atoms with van der Waals surface area (Å²) in [6, 6.07) is 11.2.